The number of ether oxygens (including phenoxy) is 2. The van der Waals surface area contributed by atoms with Crippen LogP contribution in [0, 0.1) is 5.92 Å². The predicted molar refractivity (Wildman–Crippen MR) is 169 cm³/mol. The van der Waals surface area contributed by atoms with Crippen LogP contribution in [-0.2, 0) is 45.2 Å². The number of likely N-dealkylation sites (tertiary alicyclic amines) is 1. The molecule has 2 fully saturated rings. The number of hydrogen-bond donors (Lipinski definition) is 0. The topological polar surface area (TPSA) is 94.0 Å². The van der Waals surface area contributed by atoms with Gasteiger partial charge in [0, 0.05) is 37.8 Å². The van der Waals surface area contributed by atoms with Gasteiger partial charge >= 0.3 is 5.97 Å². The molecule has 1 amide bonds. The molecule has 1 saturated heterocycles. The van der Waals surface area contributed by atoms with Crippen LogP contribution in [0.5, 0.6) is 0 Å². The zero-order valence-electron chi connectivity index (χ0n) is 25.3. The van der Waals surface area contributed by atoms with Crippen molar-refractivity contribution in [1.82, 2.24) is 19.4 Å². The quantitative estimate of drug-likeness (QED) is 0.245. The van der Waals surface area contributed by atoms with E-state index >= 15 is 0 Å². The van der Waals surface area contributed by atoms with Gasteiger partial charge in [-0.15, -0.1) is 0 Å². The second kappa shape index (κ2) is 14.1. The van der Waals surface area contributed by atoms with Crippen LogP contribution in [0.4, 0.5) is 0 Å². The monoisotopic (exact) mass is 616 g/mol. The molecule has 1 aromatic heterocycles. The Morgan fingerprint density at radius 2 is 1.70 bits per heavy atom. The van der Waals surface area contributed by atoms with Crippen molar-refractivity contribution in [3.63, 3.8) is 0 Å². The number of thioether (sulfide) groups is 1. The maximum absolute atomic E-state index is 14.0. The molecule has 2 aromatic carbocycles. The Balaban J connectivity index is 1.07. The van der Waals surface area contributed by atoms with Crippen LogP contribution in [0.2, 0.25) is 0 Å². The fourth-order valence-corrected chi connectivity index (χ4v) is 7.61. The first kappa shape index (κ1) is 30.6. The summed E-state index contributed by atoms with van der Waals surface area (Å²) < 4.78 is 11.7. The molecule has 3 aliphatic rings. The predicted octanol–water partition coefficient (Wildman–Crippen LogP) is 4.36. The molecule has 9 nitrogen and oxygen atoms in total. The van der Waals surface area contributed by atoms with Crippen molar-refractivity contribution in [3.05, 3.63) is 87.3 Å². The summed E-state index contributed by atoms with van der Waals surface area (Å²) in [6, 6.07) is 17.9. The number of benzene rings is 2. The van der Waals surface area contributed by atoms with Crippen LogP contribution in [0.3, 0.4) is 0 Å². The number of methoxy groups -OCH3 is 1. The first-order valence-corrected chi connectivity index (χ1v) is 16.5. The van der Waals surface area contributed by atoms with E-state index in [2.05, 4.69) is 21.8 Å². The third-order valence-electron chi connectivity index (χ3n) is 8.80. The molecule has 0 unspecified atom stereocenters. The van der Waals surface area contributed by atoms with Gasteiger partial charge in [-0.25, -0.2) is 9.78 Å². The maximum atomic E-state index is 14.0. The minimum atomic E-state index is -0.392. The van der Waals surface area contributed by atoms with E-state index in [-0.39, 0.29) is 24.0 Å². The van der Waals surface area contributed by atoms with Gasteiger partial charge in [0.05, 0.1) is 43.1 Å². The first-order valence-electron chi connectivity index (χ1n) is 15.6. The lowest BCUT2D eigenvalue weighted by Crippen LogP contribution is -2.55. The molecule has 1 aliphatic carbocycles. The van der Waals surface area contributed by atoms with Crippen molar-refractivity contribution in [2.75, 3.05) is 33.4 Å². The van der Waals surface area contributed by atoms with Gasteiger partial charge in [-0.1, -0.05) is 73.5 Å². The number of carbonyl (C=O) groups excluding carboxylic acids is 2. The number of amides is 1. The van der Waals surface area contributed by atoms with Crippen LogP contribution in [-0.4, -0.2) is 69.8 Å². The number of carbonyl (C=O) groups is 2. The van der Waals surface area contributed by atoms with Gasteiger partial charge in [0.2, 0.25) is 5.91 Å². The van der Waals surface area contributed by atoms with Gasteiger partial charge in [-0.2, -0.15) is 0 Å². The lowest BCUT2D eigenvalue weighted by molar-refractivity contribution is -0.146. The summed E-state index contributed by atoms with van der Waals surface area (Å²) in [4.78, 5) is 47.9. The van der Waals surface area contributed by atoms with Gasteiger partial charge in [0.25, 0.3) is 5.56 Å². The van der Waals surface area contributed by atoms with Crippen molar-refractivity contribution in [3.8, 4) is 5.69 Å². The third-order valence-corrected chi connectivity index (χ3v) is 10.1. The summed E-state index contributed by atoms with van der Waals surface area (Å²) >= 11 is 1.75. The van der Waals surface area contributed by atoms with Crippen molar-refractivity contribution in [2.45, 2.75) is 68.6 Å². The normalized spacial score (nSPS) is 17.6. The van der Waals surface area contributed by atoms with Crippen molar-refractivity contribution < 1.29 is 19.1 Å². The van der Waals surface area contributed by atoms with E-state index in [4.69, 9.17) is 9.72 Å². The van der Waals surface area contributed by atoms with Gasteiger partial charge in [0.1, 0.15) is 6.61 Å². The minimum Gasteiger partial charge on any atom is -0.467 e. The lowest BCUT2D eigenvalue weighted by atomic mass is 9.95. The highest BCUT2D eigenvalue weighted by atomic mass is 32.2. The zero-order chi connectivity index (χ0) is 30.5. The molecule has 1 saturated carbocycles. The Bertz CT molecular complexity index is 1520. The molecule has 10 heteroatoms. The number of nitrogens with zero attached hydrogens (tertiary/aromatic N) is 4. The summed E-state index contributed by atoms with van der Waals surface area (Å²) in [5.74, 6) is -0.333. The molecule has 3 aromatic rings. The molecule has 0 N–H and O–H groups in total. The molecule has 6 rings (SSSR count). The zero-order valence-corrected chi connectivity index (χ0v) is 26.1. The Labute approximate surface area is 262 Å². The molecule has 3 heterocycles. The Hall–Kier alpha value is -3.47. The highest BCUT2D eigenvalue weighted by molar-refractivity contribution is 7.99. The van der Waals surface area contributed by atoms with E-state index < -0.39 is 5.97 Å². The smallest absolute Gasteiger partial charge is 0.331 e. The Kier molecular flexibility index (Phi) is 9.79. The van der Waals surface area contributed by atoms with Crippen LogP contribution >= 0.6 is 11.8 Å². The average Bonchev–Trinajstić information content (AvgIpc) is 3.04. The molecule has 44 heavy (non-hydrogen) atoms. The van der Waals surface area contributed by atoms with E-state index in [0.717, 1.165) is 47.1 Å². The van der Waals surface area contributed by atoms with E-state index in [1.54, 1.807) is 16.3 Å². The summed E-state index contributed by atoms with van der Waals surface area (Å²) in [6.45, 7) is 3.37. The van der Waals surface area contributed by atoms with Gasteiger partial charge in [-0.3, -0.25) is 19.1 Å². The van der Waals surface area contributed by atoms with Crippen molar-refractivity contribution in [1.29, 1.82) is 0 Å². The molecule has 0 radical (unpaired) electrons. The SMILES string of the molecule is COC(=O)COCc1ccc(CN2CC(C(=O)N3CCc4nc(SC5CCCCC5)n(-c5ccccc5)c(=O)c4C3)C2)cc1. The first-order chi connectivity index (χ1) is 21.5. The summed E-state index contributed by atoms with van der Waals surface area (Å²) in [7, 11) is 1.34. The highest BCUT2D eigenvalue weighted by Crippen LogP contribution is 2.34. The van der Waals surface area contributed by atoms with E-state index in [1.165, 1.54) is 26.4 Å². The molecule has 2 aliphatic heterocycles. The molecule has 0 spiro atoms. The minimum absolute atomic E-state index is 0.0496. The Morgan fingerprint density at radius 3 is 2.43 bits per heavy atom. The van der Waals surface area contributed by atoms with Crippen molar-refractivity contribution in [2.24, 2.45) is 5.92 Å². The molecular formula is C34H40N4O5S. The molecule has 232 valence electrons. The highest BCUT2D eigenvalue weighted by Gasteiger charge is 2.37. The second-order valence-electron chi connectivity index (χ2n) is 12.0. The van der Waals surface area contributed by atoms with Gasteiger partial charge in [-0.05, 0) is 36.1 Å². The number of aromatic nitrogens is 2. The van der Waals surface area contributed by atoms with E-state index in [1.807, 2.05) is 47.4 Å². The van der Waals surface area contributed by atoms with E-state index in [9.17, 15) is 14.4 Å². The second-order valence-corrected chi connectivity index (χ2v) is 13.2. The van der Waals surface area contributed by atoms with Crippen LogP contribution in [0.25, 0.3) is 5.69 Å². The van der Waals surface area contributed by atoms with Crippen LogP contribution in [0.1, 0.15) is 54.5 Å². The number of para-hydroxylation sites is 1. The number of rotatable bonds is 10. The fraction of sp³-hybridized carbons (Fsp3) is 0.471. The third kappa shape index (κ3) is 7.08. The van der Waals surface area contributed by atoms with Gasteiger partial charge in [0.15, 0.2) is 5.16 Å². The van der Waals surface area contributed by atoms with Crippen molar-refractivity contribution >= 4 is 23.6 Å². The number of hydrogen-bond acceptors (Lipinski definition) is 8. The number of fused-ring (bicyclic) bond motifs is 1. The number of esters is 1. The van der Waals surface area contributed by atoms with Gasteiger partial charge < -0.3 is 14.4 Å². The fourth-order valence-electron chi connectivity index (χ4n) is 6.28. The molecular weight excluding hydrogens is 576 g/mol. The average molecular weight is 617 g/mol. The molecule has 0 bridgehead atoms. The summed E-state index contributed by atoms with van der Waals surface area (Å²) in [5, 5.41) is 1.26. The molecule has 0 atom stereocenters. The summed E-state index contributed by atoms with van der Waals surface area (Å²) in [6.07, 6.45) is 6.67. The summed E-state index contributed by atoms with van der Waals surface area (Å²) in [5.41, 5.74) is 4.42. The van der Waals surface area contributed by atoms with Crippen LogP contribution < -0.4 is 5.56 Å². The Morgan fingerprint density at radius 1 is 0.977 bits per heavy atom. The maximum Gasteiger partial charge on any atom is 0.331 e. The van der Waals surface area contributed by atoms with Crippen LogP contribution in [0.15, 0.2) is 64.5 Å². The largest absolute Gasteiger partial charge is 0.467 e. The standard InChI is InChI=1S/C34H40N4O5S/c1-42-31(39)23-43-22-25-14-12-24(13-15-25)18-36-19-26(20-36)32(40)37-17-16-30-29(21-37)33(41)38(27-8-4-2-5-9-27)34(35-30)44-28-10-6-3-7-11-28/h2,4-5,8-9,12-15,26,28H,3,6-7,10-11,16-23H2,1H3. The lowest BCUT2D eigenvalue weighted by Gasteiger charge is -2.41. The van der Waals surface area contributed by atoms with E-state index in [0.29, 0.717) is 50.0 Å².